The standard InChI is InChI=1S/C14H24N2OS/c1-10(2)11(3)15-14(17)9-16(5)12(4)13-7-6-8-18-13/h6-8,10-12H,9H2,1-5H3,(H,15,17). The van der Waals surface area contributed by atoms with Crippen molar-refractivity contribution in [3.05, 3.63) is 22.4 Å². The molecule has 0 saturated heterocycles. The van der Waals surface area contributed by atoms with Crippen molar-refractivity contribution in [1.82, 2.24) is 10.2 Å². The Labute approximate surface area is 114 Å². The Morgan fingerprint density at radius 3 is 2.56 bits per heavy atom. The molecule has 1 aromatic heterocycles. The summed E-state index contributed by atoms with van der Waals surface area (Å²) in [5.74, 6) is 0.566. The average molecular weight is 268 g/mol. The molecule has 1 heterocycles. The van der Waals surface area contributed by atoms with E-state index in [1.54, 1.807) is 11.3 Å². The summed E-state index contributed by atoms with van der Waals surface area (Å²) in [6.45, 7) is 8.85. The first-order chi connectivity index (χ1) is 8.41. The Balaban J connectivity index is 2.44. The summed E-state index contributed by atoms with van der Waals surface area (Å²) in [5.41, 5.74) is 0. The summed E-state index contributed by atoms with van der Waals surface area (Å²) in [6, 6.07) is 4.67. The van der Waals surface area contributed by atoms with E-state index in [1.165, 1.54) is 4.88 Å². The highest BCUT2D eigenvalue weighted by molar-refractivity contribution is 7.10. The molecule has 0 radical (unpaired) electrons. The zero-order valence-electron chi connectivity index (χ0n) is 11.9. The van der Waals surface area contributed by atoms with Gasteiger partial charge >= 0.3 is 0 Å². The Bertz CT molecular complexity index is 362. The van der Waals surface area contributed by atoms with E-state index in [0.29, 0.717) is 12.5 Å². The lowest BCUT2D eigenvalue weighted by atomic mass is 10.1. The lowest BCUT2D eigenvalue weighted by Gasteiger charge is -2.25. The van der Waals surface area contributed by atoms with Gasteiger partial charge in [-0.3, -0.25) is 9.69 Å². The zero-order valence-corrected chi connectivity index (χ0v) is 12.8. The van der Waals surface area contributed by atoms with Crippen LogP contribution in [0.1, 0.15) is 38.6 Å². The van der Waals surface area contributed by atoms with Gasteiger partial charge in [-0.05, 0) is 38.3 Å². The van der Waals surface area contributed by atoms with E-state index >= 15 is 0 Å². The molecule has 2 unspecified atom stereocenters. The van der Waals surface area contributed by atoms with Crippen molar-refractivity contribution >= 4 is 17.2 Å². The summed E-state index contributed by atoms with van der Waals surface area (Å²) < 4.78 is 0. The highest BCUT2D eigenvalue weighted by Crippen LogP contribution is 2.22. The number of likely N-dealkylation sites (N-methyl/N-ethyl adjacent to an activating group) is 1. The molecule has 18 heavy (non-hydrogen) atoms. The summed E-state index contributed by atoms with van der Waals surface area (Å²) in [5, 5.41) is 5.10. The SMILES string of the molecule is CC(C)C(C)NC(=O)CN(C)C(C)c1cccs1. The van der Waals surface area contributed by atoms with Crippen LogP contribution in [0.25, 0.3) is 0 Å². The highest BCUT2D eigenvalue weighted by Gasteiger charge is 2.17. The van der Waals surface area contributed by atoms with E-state index in [2.05, 4.69) is 42.4 Å². The molecule has 0 fully saturated rings. The molecule has 0 saturated carbocycles. The van der Waals surface area contributed by atoms with Gasteiger partial charge in [-0.25, -0.2) is 0 Å². The third-order valence-corrected chi connectivity index (χ3v) is 4.44. The maximum absolute atomic E-state index is 11.9. The van der Waals surface area contributed by atoms with Crippen LogP contribution >= 0.6 is 11.3 Å². The van der Waals surface area contributed by atoms with Gasteiger partial charge in [-0.2, -0.15) is 0 Å². The van der Waals surface area contributed by atoms with Crippen LogP contribution < -0.4 is 5.32 Å². The van der Waals surface area contributed by atoms with Crippen LogP contribution in [-0.2, 0) is 4.79 Å². The van der Waals surface area contributed by atoms with Gasteiger partial charge in [0, 0.05) is 17.0 Å². The molecule has 1 amide bonds. The van der Waals surface area contributed by atoms with E-state index in [4.69, 9.17) is 0 Å². The summed E-state index contributed by atoms with van der Waals surface area (Å²) in [7, 11) is 1.99. The number of amides is 1. The molecule has 2 atom stereocenters. The summed E-state index contributed by atoms with van der Waals surface area (Å²) >= 11 is 1.73. The number of thiophene rings is 1. The number of hydrogen-bond acceptors (Lipinski definition) is 3. The third kappa shape index (κ3) is 4.42. The molecule has 0 aromatic carbocycles. The third-order valence-electron chi connectivity index (χ3n) is 3.40. The fraction of sp³-hybridized carbons (Fsp3) is 0.643. The number of nitrogens with zero attached hydrogens (tertiary/aromatic N) is 1. The Hall–Kier alpha value is -0.870. The molecule has 0 aliphatic carbocycles. The van der Waals surface area contributed by atoms with Gasteiger partial charge in [-0.1, -0.05) is 19.9 Å². The fourth-order valence-electron chi connectivity index (χ4n) is 1.58. The van der Waals surface area contributed by atoms with Gasteiger partial charge in [-0.15, -0.1) is 11.3 Å². The van der Waals surface area contributed by atoms with Crippen LogP contribution in [0, 0.1) is 5.92 Å². The number of carbonyl (C=O) groups is 1. The quantitative estimate of drug-likeness (QED) is 0.860. The minimum Gasteiger partial charge on any atom is -0.352 e. The second kappa shape index (κ2) is 6.90. The molecule has 0 bridgehead atoms. The maximum Gasteiger partial charge on any atom is 0.234 e. The molecular weight excluding hydrogens is 244 g/mol. The first-order valence-corrected chi connectivity index (χ1v) is 7.32. The summed E-state index contributed by atoms with van der Waals surface area (Å²) in [6.07, 6.45) is 0. The van der Waals surface area contributed by atoms with Crippen molar-refractivity contribution < 1.29 is 4.79 Å². The van der Waals surface area contributed by atoms with Crippen molar-refractivity contribution in [2.24, 2.45) is 5.92 Å². The van der Waals surface area contributed by atoms with E-state index in [1.807, 2.05) is 20.0 Å². The fourth-order valence-corrected chi connectivity index (χ4v) is 2.42. The monoisotopic (exact) mass is 268 g/mol. The van der Waals surface area contributed by atoms with E-state index < -0.39 is 0 Å². The lowest BCUT2D eigenvalue weighted by molar-refractivity contribution is -0.123. The van der Waals surface area contributed by atoms with Crippen molar-refractivity contribution in [1.29, 1.82) is 0 Å². The molecule has 0 aliphatic rings. The predicted octanol–water partition coefficient (Wildman–Crippen LogP) is 2.90. The molecule has 1 aromatic rings. The van der Waals surface area contributed by atoms with Gasteiger partial charge < -0.3 is 5.32 Å². The second-order valence-corrected chi connectivity index (χ2v) is 6.19. The summed E-state index contributed by atoms with van der Waals surface area (Å²) in [4.78, 5) is 15.3. The van der Waals surface area contributed by atoms with Crippen LogP contribution in [0.15, 0.2) is 17.5 Å². The number of nitrogens with one attached hydrogen (secondary N) is 1. The number of rotatable bonds is 6. The minimum absolute atomic E-state index is 0.0992. The Morgan fingerprint density at radius 2 is 2.06 bits per heavy atom. The molecule has 1 N–H and O–H groups in total. The molecule has 4 heteroatoms. The van der Waals surface area contributed by atoms with E-state index in [-0.39, 0.29) is 18.0 Å². The maximum atomic E-state index is 11.9. The van der Waals surface area contributed by atoms with E-state index in [0.717, 1.165) is 0 Å². The smallest absolute Gasteiger partial charge is 0.234 e. The largest absolute Gasteiger partial charge is 0.352 e. The van der Waals surface area contributed by atoms with Crippen LogP contribution in [0.4, 0.5) is 0 Å². The van der Waals surface area contributed by atoms with E-state index in [9.17, 15) is 4.79 Å². The van der Waals surface area contributed by atoms with Crippen LogP contribution in [0.3, 0.4) is 0 Å². The molecule has 102 valence electrons. The predicted molar refractivity (Wildman–Crippen MR) is 77.8 cm³/mol. The normalized spacial score (nSPS) is 14.8. The Morgan fingerprint density at radius 1 is 1.39 bits per heavy atom. The lowest BCUT2D eigenvalue weighted by Crippen LogP contribution is -2.42. The van der Waals surface area contributed by atoms with Crippen LogP contribution in [-0.4, -0.2) is 30.4 Å². The van der Waals surface area contributed by atoms with Gasteiger partial charge in [0.2, 0.25) is 5.91 Å². The first kappa shape index (κ1) is 15.2. The average Bonchev–Trinajstić information content (AvgIpc) is 2.80. The molecular formula is C14H24N2OS. The van der Waals surface area contributed by atoms with Crippen molar-refractivity contribution in [2.45, 2.75) is 39.8 Å². The number of hydrogen-bond donors (Lipinski definition) is 1. The zero-order chi connectivity index (χ0) is 13.7. The van der Waals surface area contributed by atoms with Crippen LogP contribution in [0.2, 0.25) is 0 Å². The van der Waals surface area contributed by atoms with Crippen molar-refractivity contribution in [2.75, 3.05) is 13.6 Å². The molecule has 0 aliphatic heterocycles. The molecule has 0 spiro atoms. The number of carbonyl (C=O) groups excluding carboxylic acids is 1. The molecule has 1 rings (SSSR count). The highest BCUT2D eigenvalue weighted by atomic mass is 32.1. The van der Waals surface area contributed by atoms with Gasteiger partial charge in [0.1, 0.15) is 0 Å². The Kier molecular flexibility index (Phi) is 5.82. The minimum atomic E-state index is 0.0992. The van der Waals surface area contributed by atoms with Gasteiger partial charge in [0.15, 0.2) is 0 Å². The molecule has 3 nitrogen and oxygen atoms in total. The van der Waals surface area contributed by atoms with Crippen molar-refractivity contribution in [3.63, 3.8) is 0 Å². The van der Waals surface area contributed by atoms with Crippen LogP contribution in [0.5, 0.6) is 0 Å². The second-order valence-electron chi connectivity index (χ2n) is 5.21. The van der Waals surface area contributed by atoms with Gasteiger partial charge in [0.25, 0.3) is 0 Å². The van der Waals surface area contributed by atoms with Gasteiger partial charge in [0.05, 0.1) is 6.54 Å². The topological polar surface area (TPSA) is 32.3 Å². The van der Waals surface area contributed by atoms with Crippen molar-refractivity contribution in [3.8, 4) is 0 Å². The first-order valence-electron chi connectivity index (χ1n) is 6.44.